The number of nitrogens with zero attached hydrogens (tertiary/aromatic N) is 2. The molecule has 0 bridgehead atoms. The van der Waals surface area contributed by atoms with Crippen LogP contribution in [0.1, 0.15) is 42.5 Å². The second kappa shape index (κ2) is 10.3. The van der Waals surface area contributed by atoms with Gasteiger partial charge in [0.2, 0.25) is 5.91 Å². The van der Waals surface area contributed by atoms with Gasteiger partial charge < -0.3 is 9.64 Å². The zero-order valence-electron chi connectivity index (χ0n) is 17.7. The first-order valence-corrected chi connectivity index (χ1v) is 13.3. The predicted molar refractivity (Wildman–Crippen MR) is 121 cm³/mol. The summed E-state index contributed by atoms with van der Waals surface area (Å²) in [5, 5.41) is 0. The van der Waals surface area contributed by atoms with Gasteiger partial charge >= 0.3 is 0 Å². The lowest BCUT2D eigenvalue weighted by atomic mass is 10.1. The first kappa shape index (κ1) is 22.5. The van der Waals surface area contributed by atoms with Crippen LogP contribution in [-0.2, 0) is 32.6 Å². The summed E-state index contributed by atoms with van der Waals surface area (Å²) in [7, 11) is -3.43. The number of amides is 1. The maximum absolute atomic E-state index is 12.8. The van der Waals surface area contributed by atoms with Gasteiger partial charge in [-0.2, -0.15) is 4.31 Å². The molecule has 1 aromatic heterocycles. The minimum atomic E-state index is -3.43. The minimum absolute atomic E-state index is 0.0604. The number of ether oxygens (including phenoxy) is 1. The van der Waals surface area contributed by atoms with Crippen molar-refractivity contribution >= 4 is 27.3 Å². The van der Waals surface area contributed by atoms with Crippen LogP contribution in [0.5, 0.6) is 0 Å². The summed E-state index contributed by atoms with van der Waals surface area (Å²) in [4.78, 5) is 15.4. The minimum Gasteiger partial charge on any atom is -0.373 e. The molecular weight excluding hydrogens is 432 g/mol. The van der Waals surface area contributed by atoms with Gasteiger partial charge in [-0.25, -0.2) is 8.42 Å². The zero-order chi connectivity index (χ0) is 21.7. The van der Waals surface area contributed by atoms with Crippen molar-refractivity contribution in [2.24, 2.45) is 0 Å². The third-order valence-electron chi connectivity index (χ3n) is 5.99. The Morgan fingerprint density at radius 3 is 2.39 bits per heavy atom. The van der Waals surface area contributed by atoms with Crippen molar-refractivity contribution in [3.05, 3.63) is 52.9 Å². The molecule has 0 saturated carbocycles. The maximum atomic E-state index is 12.8. The molecule has 0 unspecified atom stereocenters. The van der Waals surface area contributed by atoms with E-state index in [0.29, 0.717) is 37.0 Å². The summed E-state index contributed by atoms with van der Waals surface area (Å²) in [6, 6.07) is 13.6. The Morgan fingerprint density at radius 1 is 0.968 bits per heavy atom. The Balaban J connectivity index is 1.26. The molecule has 4 rings (SSSR count). The number of sulfonamides is 1. The fraction of sp³-hybridized carbons (Fsp3) is 0.522. The van der Waals surface area contributed by atoms with Crippen molar-refractivity contribution in [3.8, 4) is 0 Å². The van der Waals surface area contributed by atoms with Crippen molar-refractivity contribution in [3.63, 3.8) is 0 Å². The van der Waals surface area contributed by atoms with E-state index in [4.69, 9.17) is 4.74 Å². The number of hydrogen-bond donors (Lipinski definition) is 0. The standard InChI is InChI=1S/C23H30N2O4S2/c26-22(24-15-11-20(12-16-24)29-18-19-7-3-1-4-8-19)17-21-9-10-23(30-21)31(27,28)25-13-5-2-6-14-25/h1,3-4,7-10,20H,2,5-6,11-18H2. The number of carbonyl (C=O) groups excluding carboxylic acids is 1. The molecule has 1 aromatic carbocycles. The van der Waals surface area contributed by atoms with Crippen molar-refractivity contribution in [1.29, 1.82) is 0 Å². The number of hydrogen-bond acceptors (Lipinski definition) is 5. The molecule has 0 N–H and O–H groups in total. The van der Waals surface area contributed by atoms with Gasteiger partial charge in [0.15, 0.2) is 0 Å². The topological polar surface area (TPSA) is 66.9 Å². The number of rotatable bonds is 7. The Kier molecular flexibility index (Phi) is 7.43. The largest absolute Gasteiger partial charge is 0.373 e. The van der Waals surface area contributed by atoms with Crippen LogP contribution in [0.3, 0.4) is 0 Å². The first-order valence-electron chi connectivity index (χ1n) is 11.0. The average molecular weight is 463 g/mol. The van der Waals surface area contributed by atoms with E-state index in [1.54, 1.807) is 16.4 Å². The number of carbonyl (C=O) groups is 1. The maximum Gasteiger partial charge on any atom is 0.252 e. The molecule has 2 aromatic rings. The summed E-state index contributed by atoms with van der Waals surface area (Å²) in [5.41, 5.74) is 1.16. The van der Waals surface area contributed by atoms with Crippen LogP contribution in [0.25, 0.3) is 0 Å². The lowest BCUT2D eigenvalue weighted by Gasteiger charge is -2.32. The van der Waals surface area contributed by atoms with Crippen LogP contribution in [0.15, 0.2) is 46.7 Å². The molecule has 2 saturated heterocycles. The van der Waals surface area contributed by atoms with Gasteiger partial charge in [-0.3, -0.25) is 4.79 Å². The van der Waals surface area contributed by atoms with Gasteiger partial charge in [0.25, 0.3) is 10.0 Å². The fourth-order valence-corrected chi connectivity index (χ4v) is 7.16. The molecule has 31 heavy (non-hydrogen) atoms. The molecule has 3 heterocycles. The van der Waals surface area contributed by atoms with E-state index in [-0.39, 0.29) is 18.4 Å². The summed E-state index contributed by atoms with van der Waals surface area (Å²) in [6.45, 7) is 3.15. The van der Waals surface area contributed by atoms with Crippen LogP contribution in [0.4, 0.5) is 0 Å². The number of piperidine rings is 2. The third-order valence-corrected chi connectivity index (χ3v) is 9.45. The van der Waals surface area contributed by atoms with Crippen LogP contribution in [-0.4, -0.2) is 55.8 Å². The van der Waals surface area contributed by atoms with Crippen molar-refractivity contribution in [2.45, 2.75) is 55.4 Å². The highest BCUT2D eigenvalue weighted by Gasteiger charge is 2.28. The van der Waals surface area contributed by atoms with E-state index in [9.17, 15) is 13.2 Å². The predicted octanol–water partition coefficient (Wildman–Crippen LogP) is 3.67. The molecule has 0 radical (unpaired) electrons. The van der Waals surface area contributed by atoms with E-state index in [0.717, 1.165) is 42.5 Å². The van der Waals surface area contributed by atoms with Crippen LogP contribution >= 0.6 is 11.3 Å². The van der Waals surface area contributed by atoms with E-state index in [1.165, 1.54) is 11.3 Å². The quantitative estimate of drug-likeness (QED) is 0.630. The van der Waals surface area contributed by atoms with Gasteiger partial charge in [-0.1, -0.05) is 36.8 Å². The molecule has 168 valence electrons. The van der Waals surface area contributed by atoms with Crippen LogP contribution in [0.2, 0.25) is 0 Å². The molecule has 0 aliphatic carbocycles. The second-order valence-electron chi connectivity index (χ2n) is 8.24. The van der Waals surface area contributed by atoms with E-state index < -0.39 is 10.0 Å². The monoisotopic (exact) mass is 462 g/mol. The molecule has 0 spiro atoms. The Bertz CT molecular complexity index is 960. The lowest BCUT2D eigenvalue weighted by molar-refractivity contribution is -0.133. The number of thiophene rings is 1. The highest BCUT2D eigenvalue weighted by molar-refractivity contribution is 7.91. The molecule has 2 aliphatic rings. The average Bonchev–Trinajstić information content (AvgIpc) is 3.29. The van der Waals surface area contributed by atoms with E-state index >= 15 is 0 Å². The van der Waals surface area contributed by atoms with Gasteiger partial charge in [-0.05, 0) is 43.4 Å². The normalized spacial score (nSPS) is 18.9. The summed E-state index contributed by atoms with van der Waals surface area (Å²) in [5.74, 6) is 0.0604. The van der Waals surface area contributed by atoms with E-state index in [2.05, 4.69) is 12.1 Å². The highest BCUT2D eigenvalue weighted by Crippen LogP contribution is 2.28. The fourth-order valence-electron chi connectivity index (χ4n) is 4.15. The molecule has 2 aliphatic heterocycles. The van der Waals surface area contributed by atoms with Crippen molar-refractivity contribution < 1.29 is 17.9 Å². The van der Waals surface area contributed by atoms with Gasteiger partial charge in [0.05, 0.1) is 19.1 Å². The molecule has 1 amide bonds. The van der Waals surface area contributed by atoms with Crippen molar-refractivity contribution in [1.82, 2.24) is 9.21 Å². The molecule has 0 atom stereocenters. The Labute approximate surface area is 188 Å². The SMILES string of the molecule is O=C(Cc1ccc(S(=O)(=O)N2CCCCC2)s1)N1CCC(OCc2ccccc2)CC1. The highest BCUT2D eigenvalue weighted by atomic mass is 32.2. The number of benzene rings is 1. The van der Waals surface area contributed by atoms with Gasteiger partial charge in [0.1, 0.15) is 4.21 Å². The summed E-state index contributed by atoms with van der Waals surface area (Å²) < 4.78 is 33.6. The second-order valence-corrected chi connectivity index (χ2v) is 11.6. The molecular formula is C23H30N2O4S2. The van der Waals surface area contributed by atoms with Gasteiger partial charge in [-0.15, -0.1) is 11.3 Å². The van der Waals surface area contributed by atoms with Crippen LogP contribution in [0, 0.1) is 0 Å². The van der Waals surface area contributed by atoms with Gasteiger partial charge in [0, 0.05) is 31.1 Å². The first-order chi connectivity index (χ1) is 15.0. The van der Waals surface area contributed by atoms with Crippen LogP contribution < -0.4 is 0 Å². The van der Waals surface area contributed by atoms with Crippen molar-refractivity contribution in [2.75, 3.05) is 26.2 Å². The molecule has 8 heteroatoms. The zero-order valence-corrected chi connectivity index (χ0v) is 19.4. The summed E-state index contributed by atoms with van der Waals surface area (Å²) >= 11 is 1.23. The lowest BCUT2D eigenvalue weighted by Crippen LogP contribution is -2.41. The smallest absolute Gasteiger partial charge is 0.252 e. The Hall–Kier alpha value is -1.74. The number of likely N-dealkylation sites (tertiary alicyclic amines) is 1. The van der Waals surface area contributed by atoms with E-state index in [1.807, 2.05) is 23.1 Å². The summed E-state index contributed by atoms with van der Waals surface area (Å²) in [6.07, 6.45) is 5.02. The molecule has 2 fully saturated rings. The third kappa shape index (κ3) is 5.74. The Morgan fingerprint density at radius 2 is 1.68 bits per heavy atom. The molecule has 6 nitrogen and oxygen atoms in total.